The third-order valence-corrected chi connectivity index (χ3v) is 6.32. The van der Waals surface area contributed by atoms with E-state index in [2.05, 4.69) is 25.5 Å². The van der Waals surface area contributed by atoms with Crippen molar-refractivity contribution in [3.05, 3.63) is 35.1 Å². The molecule has 1 aliphatic carbocycles. The second-order valence-electron chi connectivity index (χ2n) is 7.02. The number of aromatic amines is 1. The van der Waals surface area contributed by atoms with Crippen LogP contribution in [0, 0.1) is 0 Å². The zero-order valence-corrected chi connectivity index (χ0v) is 17.0. The summed E-state index contributed by atoms with van der Waals surface area (Å²) >= 11 is 1.56. The van der Waals surface area contributed by atoms with Crippen molar-refractivity contribution in [2.24, 2.45) is 0 Å². The van der Waals surface area contributed by atoms with Gasteiger partial charge in [0.15, 0.2) is 0 Å². The molecule has 4 aromatic rings. The van der Waals surface area contributed by atoms with Gasteiger partial charge in [0.25, 0.3) is 0 Å². The van der Waals surface area contributed by atoms with Gasteiger partial charge in [0.1, 0.15) is 28.8 Å². The summed E-state index contributed by atoms with van der Waals surface area (Å²) in [5.41, 5.74) is 2.86. The van der Waals surface area contributed by atoms with Gasteiger partial charge in [0, 0.05) is 22.8 Å². The van der Waals surface area contributed by atoms with Crippen LogP contribution in [0.15, 0.2) is 24.7 Å². The Morgan fingerprint density at radius 2 is 2.30 bits per heavy atom. The molecule has 0 bridgehead atoms. The highest BCUT2D eigenvalue weighted by Gasteiger charge is 2.27. The van der Waals surface area contributed by atoms with Crippen LogP contribution in [0.2, 0.25) is 0 Å². The number of aryl methyl sites for hydroxylation is 1. The molecular weight excluding hydrogens is 406 g/mol. The standard InChI is InChI=1S/C20H19N5O4S/c1-2-28-15-7-13-10(8-23-25-13)5-14(15)24-18-17-12-4-3-11(29-20(26)27)6-16(12)30-19(17)22-9-21-18/h5,7-9,11H,2-4,6H2,1H3,(H,23,25)(H,26,27)(H,21,22,24). The van der Waals surface area contributed by atoms with Crippen LogP contribution in [-0.4, -0.2) is 44.1 Å². The average Bonchev–Trinajstić information content (AvgIpc) is 3.31. The first-order valence-corrected chi connectivity index (χ1v) is 10.5. The van der Waals surface area contributed by atoms with Crippen LogP contribution in [-0.2, 0) is 17.6 Å². The van der Waals surface area contributed by atoms with Crippen molar-refractivity contribution in [1.82, 2.24) is 20.2 Å². The maximum absolute atomic E-state index is 10.9. The van der Waals surface area contributed by atoms with Crippen LogP contribution < -0.4 is 10.1 Å². The first kappa shape index (κ1) is 18.6. The number of rotatable bonds is 5. The monoisotopic (exact) mass is 425 g/mol. The highest BCUT2D eigenvalue weighted by Crippen LogP contribution is 2.41. The van der Waals surface area contributed by atoms with Crippen molar-refractivity contribution < 1.29 is 19.4 Å². The maximum atomic E-state index is 10.9. The summed E-state index contributed by atoms with van der Waals surface area (Å²) in [6.45, 7) is 2.47. The number of fused-ring (bicyclic) bond motifs is 4. The molecule has 10 heteroatoms. The summed E-state index contributed by atoms with van der Waals surface area (Å²) in [6, 6.07) is 3.90. The fraction of sp³-hybridized carbons (Fsp3) is 0.300. The van der Waals surface area contributed by atoms with Gasteiger partial charge in [-0.05, 0) is 31.4 Å². The Morgan fingerprint density at radius 3 is 3.13 bits per heavy atom. The van der Waals surface area contributed by atoms with E-state index in [1.54, 1.807) is 17.5 Å². The van der Waals surface area contributed by atoms with Crippen LogP contribution in [0.3, 0.4) is 0 Å². The van der Waals surface area contributed by atoms with Gasteiger partial charge in [-0.25, -0.2) is 14.8 Å². The van der Waals surface area contributed by atoms with Crippen LogP contribution in [0.5, 0.6) is 5.75 Å². The first-order chi connectivity index (χ1) is 14.6. The minimum absolute atomic E-state index is 0.319. The molecule has 3 heterocycles. The topological polar surface area (TPSA) is 122 Å². The number of ether oxygens (including phenoxy) is 2. The molecule has 9 nitrogen and oxygen atoms in total. The summed E-state index contributed by atoms with van der Waals surface area (Å²) in [5, 5.41) is 21.3. The molecule has 1 unspecified atom stereocenters. The van der Waals surface area contributed by atoms with E-state index in [9.17, 15) is 4.79 Å². The number of carboxylic acid groups (broad SMARTS) is 1. The van der Waals surface area contributed by atoms with Gasteiger partial charge >= 0.3 is 6.16 Å². The third-order valence-electron chi connectivity index (χ3n) is 5.16. The quantitative estimate of drug-likeness (QED) is 0.405. The second-order valence-corrected chi connectivity index (χ2v) is 8.10. The number of carbonyl (C=O) groups is 1. The molecule has 1 atom stereocenters. The van der Waals surface area contributed by atoms with Gasteiger partial charge in [-0.1, -0.05) is 0 Å². The van der Waals surface area contributed by atoms with Crippen molar-refractivity contribution in [2.45, 2.75) is 32.3 Å². The lowest BCUT2D eigenvalue weighted by molar-refractivity contribution is 0.0467. The fourth-order valence-electron chi connectivity index (χ4n) is 3.89. The van der Waals surface area contributed by atoms with E-state index < -0.39 is 6.16 Å². The van der Waals surface area contributed by atoms with Crippen molar-refractivity contribution in [3.8, 4) is 5.75 Å². The Bertz CT molecular complexity index is 1250. The highest BCUT2D eigenvalue weighted by atomic mass is 32.1. The largest absolute Gasteiger partial charge is 0.506 e. The van der Waals surface area contributed by atoms with Crippen molar-refractivity contribution in [2.75, 3.05) is 11.9 Å². The summed E-state index contributed by atoms with van der Waals surface area (Å²) in [4.78, 5) is 21.8. The van der Waals surface area contributed by atoms with Gasteiger partial charge in [-0.2, -0.15) is 5.10 Å². The minimum Gasteiger partial charge on any atom is -0.492 e. The second kappa shape index (κ2) is 7.45. The summed E-state index contributed by atoms with van der Waals surface area (Å²) in [5.74, 6) is 1.42. The zero-order chi connectivity index (χ0) is 20.7. The zero-order valence-electron chi connectivity index (χ0n) is 16.1. The predicted molar refractivity (Wildman–Crippen MR) is 113 cm³/mol. The molecule has 0 saturated heterocycles. The van der Waals surface area contributed by atoms with E-state index in [0.717, 1.165) is 37.2 Å². The van der Waals surface area contributed by atoms with Gasteiger partial charge in [0.05, 0.1) is 29.4 Å². The molecule has 1 aliphatic rings. The van der Waals surface area contributed by atoms with E-state index >= 15 is 0 Å². The molecule has 154 valence electrons. The molecule has 3 aromatic heterocycles. The Morgan fingerprint density at radius 1 is 1.40 bits per heavy atom. The fourth-order valence-corrected chi connectivity index (χ4v) is 5.14. The Kier molecular flexibility index (Phi) is 4.62. The molecule has 5 rings (SSSR count). The third kappa shape index (κ3) is 3.28. The summed E-state index contributed by atoms with van der Waals surface area (Å²) in [7, 11) is 0. The van der Waals surface area contributed by atoms with Crippen molar-refractivity contribution in [1.29, 1.82) is 0 Å². The van der Waals surface area contributed by atoms with E-state index in [1.165, 1.54) is 6.33 Å². The number of nitrogens with zero attached hydrogens (tertiary/aromatic N) is 3. The van der Waals surface area contributed by atoms with Gasteiger partial charge in [-0.3, -0.25) is 5.10 Å². The first-order valence-electron chi connectivity index (χ1n) is 9.64. The Labute approximate surface area is 175 Å². The molecule has 1 aromatic carbocycles. The number of anilines is 2. The Balaban J connectivity index is 1.55. The smallest absolute Gasteiger partial charge is 0.492 e. The van der Waals surface area contributed by atoms with E-state index in [1.807, 2.05) is 19.1 Å². The number of thiophene rings is 1. The molecule has 0 fully saturated rings. The Hall–Kier alpha value is -3.40. The lowest BCUT2D eigenvalue weighted by Gasteiger charge is -2.21. The summed E-state index contributed by atoms with van der Waals surface area (Å²) in [6.07, 6.45) is 3.67. The number of hydrogen-bond donors (Lipinski definition) is 3. The molecule has 30 heavy (non-hydrogen) atoms. The normalized spacial score (nSPS) is 15.8. The van der Waals surface area contributed by atoms with Gasteiger partial charge in [-0.15, -0.1) is 11.3 Å². The lowest BCUT2D eigenvalue weighted by atomic mass is 9.94. The van der Waals surface area contributed by atoms with E-state index in [-0.39, 0.29) is 6.10 Å². The molecular formula is C20H19N5O4S. The number of nitrogens with one attached hydrogen (secondary N) is 2. The van der Waals surface area contributed by atoms with E-state index in [4.69, 9.17) is 14.6 Å². The molecule has 0 radical (unpaired) electrons. The average molecular weight is 425 g/mol. The molecule has 0 aliphatic heterocycles. The molecule has 0 spiro atoms. The lowest BCUT2D eigenvalue weighted by Crippen LogP contribution is -2.23. The number of hydrogen-bond acceptors (Lipinski definition) is 8. The van der Waals surface area contributed by atoms with Crippen LogP contribution >= 0.6 is 11.3 Å². The summed E-state index contributed by atoms with van der Waals surface area (Å²) < 4.78 is 10.8. The molecule has 0 saturated carbocycles. The van der Waals surface area contributed by atoms with Crippen LogP contribution in [0.25, 0.3) is 21.1 Å². The van der Waals surface area contributed by atoms with E-state index in [0.29, 0.717) is 37.4 Å². The highest BCUT2D eigenvalue weighted by molar-refractivity contribution is 7.19. The van der Waals surface area contributed by atoms with Crippen LogP contribution in [0.4, 0.5) is 16.3 Å². The SMILES string of the molecule is CCOc1cc2[nH]ncc2cc1Nc1ncnc2sc3c(c12)CCC(OC(=O)O)C3. The van der Waals surface area contributed by atoms with Crippen molar-refractivity contribution >= 4 is 50.1 Å². The number of benzene rings is 1. The van der Waals surface area contributed by atoms with Crippen molar-refractivity contribution in [3.63, 3.8) is 0 Å². The van der Waals surface area contributed by atoms with Gasteiger partial charge in [0.2, 0.25) is 0 Å². The predicted octanol–water partition coefficient (Wildman–Crippen LogP) is 4.26. The number of H-pyrrole nitrogens is 1. The van der Waals surface area contributed by atoms with Gasteiger partial charge < -0.3 is 19.9 Å². The van der Waals surface area contributed by atoms with Crippen LogP contribution in [0.1, 0.15) is 23.8 Å². The molecule has 0 amide bonds. The minimum atomic E-state index is -1.23. The number of aromatic nitrogens is 4. The maximum Gasteiger partial charge on any atom is 0.506 e. The molecule has 3 N–H and O–H groups in total.